The third-order valence-corrected chi connectivity index (χ3v) is 4.55. The van der Waals surface area contributed by atoms with Crippen molar-refractivity contribution in [1.82, 2.24) is 15.8 Å². The SMILES string of the molecule is Cl.O=C(N[C@@H]1C[C@H]2CC[C@@H](C1)N2)c1cc(C2CC2)on1. The Kier molecular flexibility index (Phi) is 3.73. The van der Waals surface area contributed by atoms with Crippen LogP contribution in [0, 0.1) is 0 Å². The summed E-state index contributed by atoms with van der Waals surface area (Å²) < 4.78 is 5.23. The van der Waals surface area contributed by atoms with Gasteiger partial charge in [0.2, 0.25) is 0 Å². The molecule has 3 fully saturated rings. The first-order valence-electron chi connectivity index (χ1n) is 7.31. The number of rotatable bonds is 3. The lowest BCUT2D eigenvalue weighted by molar-refractivity contribution is 0.0914. The van der Waals surface area contributed by atoms with Gasteiger partial charge in [0, 0.05) is 30.1 Å². The van der Waals surface area contributed by atoms with Crippen LogP contribution in [-0.2, 0) is 0 Å². The van der Waals surface area contributed by atoms with Crippen molar-refractivity contribution in [2.24, 2.45) is 0 Å². The lowest BCUT2D eigenvalue weighted by atomic mass is 10.00. The van der Waals surface area contributed by atoms with Crippen molar-refractivity contribution in [2.75, 3.05) is 0 Å². The van der Waals surface area contributed by atoms with Crippen LogP contribution < -0.4 is 10.6 Å². The molecular weight excluding hydrogens is 278 g/mol. The molecule has 0 spiro atoms. The van der Waals surface area contributed by atoms with Crippen LogP contribution in [0.15, 0.2) is 10.6 Å². The highest BCUT2D eigenvalue weighted by Gasteiger charge is 2.35. The molecule has 2 aliphatic heterocycles. The molecule has 20 heavy (non-hydrogen) atoms. The number of piperidine rings is 1. The highest BCUT2D eigenvalue weighted by atomic mass is 35.5. The van der Waals surface area contributed by atoms with Crippen molar-refractivity contribution in [2.45, 2.75) is 62.6 Å². The monoisotopic (exact) mass is 297 g/mol. The molecule has 1 aromatic rings. The fraction of sp³-hybridized carbons (Fsp3) is 0.714. The molecule has 4 rings (SSSR count). The third-order valence-electron chi connectivity index (χ3n) is 4.55. The summed E-state index contributed by atoms with van der Waals surface area (Å²) in [6.45, 7) is 0. The molecule has 1 amide bonds. The van der Waals surface area contributed by atoms with Gasteiger partial charge >= 0.3 is 0 Å². The molecule has 3 atom stereocenters. The number of carbonyl (C=O) groups excluding carboxylic acids is 1. The lowest BCUT2D eigenvalue weighted by Crippen LogP contribution is -2.48. The molecule has 110 valence electrons. The first kappa shape index (κ1) is 13.9. The smallest absolute Gasteiger partial charge is 0.273 e. The topological polar surface area (TPSA) is 67.2 Å². The van der Waals surface area contributed by atoms with Crippen molar-refractivity contribution < 1.29 is 9.32 Å². The molecule has 0 unspecified atom stereocenters. The molecule has 1 aliphatic carbocycles. The van der Waals surface area contributed by atoms with Crippen molar-refractivity contribution in [3.63, 3.8) is 0 Å². The zero-order valence-corrected chi connectivity index (χ0v) is 12.1. The van der Waals surface area contributed by atoms with Gasteiger partial charge in [0.15, 0.2) is 5.69 Å². The predicted octanol–water partition coefficient (Wildman–Crippen LogP) is 1.99. The zero-order chi connectivity index (χ0) is 12.8. The highest BCUT2D eigenvalue weighted by molar-refractivity contribution is 5.92. The number of fused-ring (bicyclic) bond motifs is 2. The molecule has 5 nitrogen and oxygen atoms in total. The van der Waals surface area contributed by atoms with E-state index in [-0.39, 0.29) is 24.4 Å². The molecule has 2 N–H and O–H groups in total. The van der Waals surface area contributed by atoms with E-state index in [1.165, 1.54) is 12.8 Å². The minimum atomic E-state index is -0.0815. The van der Waals surface area contributed by atoms with Gasteiger partial charge in [-0.1, -0.05) is 5.16 Å². The van der Waals surface area contributed by atoms with Gasteiger partial charge in [-0.15, -0.1) is 12.4 Å². The van der Waals surface area contributed by atoms with Crippen molar-refractivity contribution in [1.29, 1.82) is 0 Å². The summed E-state index contributed by atoms with van der Waals surface area (Å²) >= 11 is 0. The normalized spacial score (nSPS) is 31.7. The lowest BCUT2D eigenvalue weighted by Gasteiger charge is -2.29. The Morgan fingerprint density at radius 2 is 1.95 bits per heavy atom. The number of hydrogen-bond donors (Lipinski definition) is 2. The molecule has 2 saturated heterocycles. The summed E-state index contributed by atoms with van der Waals surface area (Å²) in [4.78, 5) is 12.1. The average Bonchev–Trinajstić information content (AvgIpc) is 3.03. The van der Waals surface area contributed by atoms with E-state index in [2.05, 4.69) is 15.8 Å². The average molecular weight is 298 g/mol. The first-order valence-corrected chi connectivity index (χ1v) is 7.31. The van der Waals surface area contributed by atoms with Crippen LogP contribution in [0.25, 0.3) is 0 Å². The largest absolute Gasteiger partial charge is 0.360 e. The first-order chi connectivity index (χ1) is 9.28. The summed E-state index contributed by atoms with van der Waals surface area (Å²) in [5, 5.41) is 10.6. The number of halogens is 1. The number of nitrogens with zero attached hydrogens (tertiary/aromatic N) is 1. The van der Waals surface area contributed by atoms with E-state index < -0.39 is 0 Å². The van der Waals surface area contributed by atoms with Gasteiger partial charge in [0.1, 0.15) is 5.76 Å². The van der Waals surface area contributed by atoms with Gasteiger partial charge in [0.05, 0.1) is 0 Å². The predicted molar refractivity (Wildman–Crippen MR) is 76.2 cm³/mol. The van der Waals surface area contributed by atoms with Crippen molar-refractivity contribution in [3.8, 4) is 0 Å². The van der Waals surface area contributed by atoms with Crippen LogP contribution in [0.4, 0.5) is 0 Å². The second-order valence-corrected chi connectivity index (χ2v) is 6.17. The summed E-state index contributed by atoms with van der Waals surface area (Å²) in [6, 6.07) is 3.27. The molecule has 6 heteroatoms. The number of amides is 1. The zero-order valence-electron chi connectivity index (χ0n) is 11.3. The molecule has 2 bridgehead atoms. The van der Waals surface area contributed by atoms with Gasteiger partial charge in [-0.25, -0.2) is 0 Å². The Balaban J connectivity index is 0.00000121. The maximum atomic E-state index is 12.1. The van der Waals surface area contributed by atoms with Gasteiger partial charge in [-0.05, 0) is 38.5 Å². The van der Waals surface area contributed by atoms with E-state index in [4.69, 9.17) is 4.52 Å². The van der Waals surface area contributed by atoms with Crippen LogP contribution in [-0.4, -0.2) is 29.2 Å². The minimum absolute atomic E-state index is 0. The Hall–Kier alpha value is -1.07. The maximum absolute atomic E-state index is 12.1. The Morgan fingerprint density at radius 3 is 2.60 bits per heavy atom. The molecule has 1 aromatic heterocycles. The highest BCUT2D eigenvalue weighted by Crippen LogP contribution is 2.40. The molecule has 1 saturated carbocycles. The Morgan fingerprint density at radius 1 is 1.25 bits per heavy atom. The van der Waals surface area contributed by atoms with Crippen molar-refractivity contribution in [3.05, 3.63) is 17.5 Å². The Bertz CT molecular complexity index is 488. The standard InChI is InChI=1S/C14H19N3O2.ClH/c18-14(12-7-13(19-17-12)8-1-2-8)16-11-5-9-3-4-10(6-11)15-9;/h7-11,15H,1-6H2,(H,16,18);1H/t9-,10+,11-;. The summed E-state index contributed by atoms with van der Waals surface area (Å²) in [7, 11) is 0. The maximum Gasteiger partial charge on any atom is 0.273 e. The van der Waals surface area contributed by atoms with Crippen LogP contribution in [0.2, 0.25) is 0 Å². The molecule has 0 radical (unpaired) electrons. The number of nitrogens with one attached hydrogen (secondary N) is 2. The van der Waals surface area contributed by atoms with E-state index in [0.717, 1.165) is 31.4 Å². The molecule has 0 aromatic carbocycles. The molecule has 3 heterocycles. The summed E-state index contributed by atoms with van der Waals surface area (Å²) in [6.07, 6.45) is 6.88. The van der Waals surface area contributed by atoms with Crippen LogP contribution in [0.3, 0.4) is 0 Å². The second kappa shape index (κ2) is 5.37. The fourth-order valence-corrected chi connectivity index (χ4v) is 3.39. The fourth-order valence-electron chi connectivity index (χ4n) is 3.39. The second-order valence-electron chi connectivity index (χ2n) is 6.17. The van der Waals surface area contributed by atoms with Gasteiger partial charge in [-0.3, -0.25) is 4.79 Å². The number of hydrogen-bond acceptors (Lipinski definition) is 4. The number of aromatic nitrogens is 1. The molecule has 3 aliphatic rings. The van der Waals surface area contributed by atoms with E-state index >= 15 is 0 Å². The Labute approximate surface area is 124 Å². The van der Waals surface area contributed by atoms with E-state index in [1.54, 1.807) is 0 Å². The van der Waals surface area contributed by atoms with Crippen LogP contribution >= 0.6 is 12.4 Å². The van der Waals surface area contributed by atoms with Crippen LogP contribution in [0.1, 0.15) is 60.7 Å². The van der Waals surface area contributed by atoms with Gasteiger partial charge in [-0.2, -0.15) is 0 Å². The van der Waals surface area contributed by atoms with Crippen molar-refractivity contribution >= 4 is 18.3 Å². The van der Waals surface area contributed by atoms with Crippen LogP contribution in [0.5, 0.6) is 0 Å². The summed E-state index contributed by atoms with van der Waals surface area (Å²) in [5.74, 6) is 1.29. The third kappa shape index (κ3) is 2.69. The van der Waals surface area contributed by atoms with E-state index in [9.17, 15) is 4.79 Å². The number of carbonyl (C=O) groups is 1. The quantitative estimate of drug-likeness (QED) is 0.895. The van der Waals surface area contributed by atoms with E-state index in [1.807, 2.05) is 6.07 Å². The summed E-state index contributed by atoms with van der Waals surface area (Å²) in [5.41, 5.74) is 0.438. The van der Waals surface area contributed by atoms with Gasteiger partial charge in [0.25, 0.3) is 5.91 Å². The minimum Gasteiger partial charge on any atom is -0.360 e. The molecular formula is C14H20ClN3O2. The van der Waals surface area contributed by atoms with Gasteiger partial charge < -0.3 is 15.2 Å². The van der Waals surface area contributed by atoms with E-state index in [0.29, 0.717) is 23.7 Å².